The van der Waals surface area contributed by atoms with Crippen molar-refractivity contribution >= 4 is 34.0 Å². The van der Waals surface area contributed by atoms with E-state index in [9.17, 15) is 4.39 Å². The molecule has 2 saturated heterocycles. The van der Waals surface area contributed by atoms with Gasteiger partial charge in [0.1, 0.15) is 5.82 Å². The van der Waals surface area contributed by atoms with Gasteiger partial charge in [0, 0.05) is 24.8 Å². The number of anilines is 2. The van der Waals surface area contributed by atoms with Crippen molar-refractivity contribution in [3.05, 3.63) is 24.0 Å². The molecular formula is C14H19FIN3. The van der Waals surface area contributed by atoms with Crippen LogP contribution in [-0.2, 0) is 0 Å². The summed E-state index contributed by atoms with van der Waals surface area (Å²) >= 11 is 2.55. The zero-order valence-corrected chi connectivity index (χ0v) is 13.0. The maximum Gasteiger partial charge on any atom is 0.148 e. The topological polar surface area (TPSA) is 32.5 Å². The molecule has 2 heterocycles. The molecule has 104 valence electrons. The van der Waals surface area contributed by atoms with E-state index in [0.29, 0.717) is 10.1 Å². The lowest BCUT2D eigenvalue weighted by Gasteiger charge is -2.27. The Morgan fingerprint density at radius 2 is 2.11 bits per heavy atom. The molecule has 2 atom stereocenters. The standard InChI is InChI=1S/C14H19FIN3/c15-12-8-10(3-4-13(12)17)18-7-5-11(9-18)19-6-1-2-14(19)16/h3-4,8,11,14H,1-2,5-7,9,17H2/t11?,14-/m1/s1. The molecule has 0 aromatic heterocycles. The molecule has 2 N–H and O–H groups in total. The Morgan fingerprint density at radius 1 is 1.26 bits per heavy atom. The van der Waals surface area contributed by atoms with Gasteiger partial charge >= 0.3 is 0 Å². The van der Waals surface area contributed by atoms with Crippen LogP contribution in [0.15, 0.2) is 18.2 Å². The summed E-state index contributed by atoms with van der Waals surface area (Å²) < 4.78 is 14.2. The van der Waals surface area contributed by atoms with E-state index in [4.69, 9.17) is 5.73 Å². The fourth-order valence-electron chi connectivity index (χ4n) is 3.12. The van der Waals surface area contributed by atoms with Gasteiger partial charge in [-0.3, -0.25) is 4.90 Å². The Bertz CT molecular complexity index is 468. The van der Waals surface area contributed by atoms with E-state index in [-0.39, 0.29) is 11.5 Å². The van der Waals surface area contributed by atoms with E-state index >= 15 is 0 Å². The molecule has 0 radical (unpaired) electrons. The first-order chi connectivity index (χ1) is 9.15. The molecule has 2 aliphatic rings. The van der Waals surface area contributed by atoms with Crippen LogP contribution in [0, 0.1) is 5.82 Å². The molecule has 1 aromatic carbocycles. The molecule has 1 unspecified atom stereocenters. The molecule has 0 bridgehead atoms. The number of likely N-dealkylation sites (tertiary alicyclic amines) is 1. The van der Waals surface area contributed by atoms with Crippen LogP contribution >= 0.6 is 22.6 Å². The summed E-state index contributed by atoms with van der Waals surface area (Å²) in [4.78, 5) is 4.88. The molecule has 0 saturated carbocycles. The second-order valence-electron chi connectivity index (χ2n) is 5.41. The molecule has 3 rings (SSSR count). The zero-order chi connectivity index (χ0) is 13.4. The average Bonchev–Trinajstić information content (AvgIpc) is 3.01. The number of alkyl halides is 1. The monoisotopic (exact) mass is 375 g/mol. The second kappa shape index (κ2) is 5.44. The van der Waals surface area contributed by atoms with Gasteiger partial charge in [-0.05, 0) is 44.0 Å². The van der Waals surface area contributed by atoms with E-state index in [2.05, 4.69) is 32.4 Å². The molecular weight excluding hydrogens is 356 g/mol. The van der Waals surface area contributed by atoms with Crippen LogP contribution in [0.3, 0.4) is 0 Å². The Hall–Kier alpha value is -0.560. The number of hydrogen-bond donors (Lipinski definition) is 1. The minimum absolute atomic E-state index is 0.228. The predicted molar refractivity (Wildman–Crippen MR) is 85.2 cm³/mol. The van der Waals surface area contributed by atoms with Crippen LogP contribution in [0.2, 0.25) is 0 Å². The van der Waals surface area contributed by atoms with Gasteiger partial charge in [-0.25, -0.2) is 4.39 Å². The lowest BCUT2D eigenvalue weighted by molar-refractivity contribution is 0.250. The molecule has 0 amide bonds. The van der Waals surface area contributed by atoms with Crippen LogP contribution in [-0.4, -0.2) is 34.6 Å². The summed E-state index contributed by atoms with van der Waals surface area (Å²) in [7, 11) is 0. The summed E-state index contributed by atoms with van der Waals surface area (Å²) in [6.07, 6.45) is 3.78. The first-order valence-electron chi connectivity index (χ1n) is 6.85. The van der Waals surface area contributed by atoms with E-state index in [1.54, 1.807) is 12.1 Å². The number of hydrogen-bond acceptors (Lipinski definition) is 3. The summed E-state index contributed by atoms with van der Waals surface area (Å²) in [5, 5.41) is 0. The van der Waals surface area contributed by atoms with Gasteiger partial charge in [-0.2, -0.15) is 0 Å². The Kier molecular flexibility index (Phi) is 3.84. The average molecular weight is 375 g/mol. The molecule has 0 aliphatic carbocycles. The highest BCUT2D eigenvalue weighted by Crippen LogP contribution is 2.31. The van der Waals surface area contributed by atoms with Gasteiger partial charge in [0.15, 0.2) is 0 Å². The minimum atomic E-state index is -0.311. The fraction of sp³-hybridized carbons (Fsp3) is 0.571. The van der Waals surface area contributed by atoms with Crippen molar-refractivity contribution in [1.29, 1.82) is 0 Å². The normalized spacial score (nSPS) is 28.2. The van der Waals surface area contributed by atoms with Gasteiger partial charge in [-0.1, -0.05) is 22.6 Å². The van der Waals surface area contributed by atoms with Crippen LogP contribution in [0.4, 0.5) is 15.8 Å². The number of halogens is 2. The lowest BCUT2D eigenvalue weighted by Crippen LogP contribution is -2.38. The smallest absolute Gasteiger partial charge is 0.148 e. The zero-order valence-electron chi connectivity index (χ0n) is 10.9. The number of benzene rings is 1. The number of rotatable bonds is 2. The van der Waals surface area contributed by atoms with Gasteiger partial charge in [-0.15, -0.1) is 0 Å². The number of nitrogens with two attached hydrogens (primary N) is 1. The lowest BCUT2D eigenvalue weighted by atomic mass is 10.2. The van der Waals surface area contributed by atoms with E-state index < -0.39 is 0 Å². The highest BCUT2D eigenvalue weighted by Gasteiger charge is 2.33. The number of nitrogen functional groups attached to an aromatic ring is 1. The first kappa shape index (κ1) is 13.4. The van der Waals surface area contributed by atoms with Crippen LogP contribution < -0.4 is 10.6 Å². The Labute approximate surface area is 127 Å². The van der Waals surface area contributed by atoms with E-state index in [0.717, 1.165) is 18.8 Å². The third-order valence-corrected chi connectivity index (χ3v) is 5.54. The highest BCUT2D eigenvalue weighted by molar-refractivity contribution is 14.1. The summed E-state index contributed by atoms with van der Waals surface area (Å²) in [5.41, 5.74) is 6.71. The first-order valence-corrected chi connectivity index (χ1v) is 8.09. The van der Waals surface area contributed by atoms with E-state index in [1.807, 2.05) is 6.07 Å². The van der Waals surface area contributed by atoms with Crippen LogP contribution in [0.25, 0.3) is 0 Å². The molecule has 2 fully saturated rings. The van der Waals surface area contributed by atoms with E-state index in [1.165, 1.54) is 25.8 Å². The van der Waals surface area contributed by atoms with Gasteiger partial charge in [0.25, 0.3) is 0 Å². The van der Waals surface area contributed by atoms with Crippen molar-refractivity contribution < 1.29 is 4.39 Å². The van der Waals surface area contributed by atoms with Gasteiger partial charge in [0.05, 0.1) is 9.74 Å². The molecule has 1 aromatic rings. The molecule has 5 heteroatoms. The summed E-state index contributed by atoms with van der Waals surface area (Å²) in [6, 6.07) is 5.76. The van der Waals surface area contributed by atoms with Crippen molar-refractivity contribution in [1.82, 2.24) is 4.90 Å². The SMILES string of the molecule is Nc1ccc(N2CCC(N3CCC[C@@H]3I)C2)cc1F. The van der Waals surface area contributed by atoms with Crippen molar-refractivity contribution in [2.45, 2.75) is 29.4 Å². The van der Waals surface area contributed by atoms with Gasteiger partial charge in [0.2, 0.25) is 0 Å². The fourth-order valence-corrected chi connectivity index (χ4v) is 4.29. The van der Waals surface area contributed by atoms with Crippen molar-refractivity contribution in [2.75, 3.05) is 30.3 Å². The van der Waals surface area contributed by atoms with Crippen molar-refractivity contribution in [3.63, 3.8) is 0 Å². The maximum atomic E-state index is 13.5. The molecule has 3 nitrogen and oxygen atoms in total. The summed E-state index contributed by atoms with van der Waals surface area (Å²) in [5.74, 6) is -0.311. The minimum Gasteiger partial charge on any atom is -0.396 e. The van der Waals surface area contributed by atoms with Crippen LogP contribution in [0.5, 0.6) is 0 Å². The third kappa shape index (κ3) is 2.67. The Morgan fingerprint density at radius 3 is 2.79 bits per heavy atom. The molecule has 0 spiro atoms. The van der Waals surface area contributed by atoms with Gasteiger partial charge < -0.3 is 10.6 Å². The van der Waals surface area contributed by atoms with Crippen LogP contribution in [0.1, 0.15) is 19.3 Å². The maximum absolute atomic E-state index is 13.5. The summed E-state index contributed by atoms with van der Waals surface area (Å²) in [6.45, 7) is 3.22. The predicted octanol–water partition coefficient (Wildman–Crippen LogP) is 2.84. The second-order valence-corrected chi connectivity index (χ2v) is 6.85. The highest BCUT2D eigenvalue weighted by atomic mass is 127. The Balaban J connectivity index is 1.69. The largest absolute Gasteiger partial charge is 0.396 e. The quantitative estimate of drug-likeness (QED) is 0.374. The molecule has 19 heavy (non-hydrogen) atoms. The van der Waals surface area contributed by atoms with Crippen molar-refractivity contribution in [2.24, 2.45) is 0 Å². The third-order valence-electron chi connectivity index (χ3n) is 4.20. The molecule has 2 aliphatic heterocycles. The van der Waals surface area contributed by atoms with Crippen molar-refractivity contribution in [3.8, 4) is 0 Å². The number of nitrogens with zero attached hydrogens (tertiary/aromatic N) is 2.